The van der Waals surface area contributed by atoms with Crippen LogP contribution in [0, 0.1) is 5.82 Å². The third-order valence-corrected chi connectivity index (χ3v) is 5.71. The Morgan fingerprint density at radius 3 is 2.75 bits per heavy atom. The number of aliphatic hydroxyl groups excluding tert-OH is 1. The summed E-state index contributed by atoms with van der Waals surface area (Å²) in [6, 6.07) is 6.14. The number of hydrogen-bond acceptors (Lipinski definition) is 6. The van der Waals surface area contributed by atoms with Gasteiger partial charge in [0.25, 0.3) is 0 Å². The molecule has 28 heavy (non-hydrogen) atoms. The normalized spacial score (nSPS) is 12.1. The molecule has 1 aromatic carbocycles. The molecule has 9 heteroatoms. The minimum atomic E-state index is -1.24. The van der Waals surface area contributed by atoms with E-state index in [9.17, 15) is 9.50 Å². The molecule has 0 radical (unpaired) electrons. The third-order valence-electron chi connectivity index (χ3n) is 4.20. The van der Waals surface area contributed by atoms with Crippen LogP contribution in [0.3, 0.4) is 0 Å². The number of benzene rings is 1. The summed E-state index contributed by atoms with van der Waals surface area (Å²) in [5.41, 5.74) is 1.40. The second-order valence-corrected chi connectivity index (χ2v) is 7.33. The van der Waals surface area contributed by atoms with E-state index in [1.165, 1.54) is 24.5 Å². The van der Waals surface area contributed by atoms with E-state index in [0.29, 0.717) is 16.3 Å². The van der Waals surface area contributed by atoms with Crippen molar-refractivity contribution in [3.63, 3.8) is 0 Å². The maximum atomic E-state index is 14.6. The van der Waals surface area contributed by atoms with Gasteiger partial charge in [0, 0.05) is 34.0 Å². The van der Waals surface area contributed by atoms with E-state index in [1.54, 1.807) is 30.9 Å². The van der Waals surface area contributed by atoms with E-state index >= 15 is 0 Å². The van der Waals surface area contributed by atoms with Gasteiger partial charge >= 0.3 is 0 Å². The first-order chi connectivity index (χ1) is 13.6. The quantitative estimate of drug-likeness (QED) is 0.501. The Labute approximate surface area is 168 Å². The van der Waals surface area contributed by atoms with Gasteiger partial charge in [0.15, 0.2) is 0 Å². The van der Waals surface area contributed by atoms with Crippen molar-refractivity contribution in [2.24, 2.45) is 0 Å². The number of methoxy groups -OCH3 is 1. The highest BCUT2D eigenvalue weighted by Gasteiger charge is 2.25. The van der Waals surface area contributed by atoms with Gasteiger partial charge < -0.3 is 14.8 Å². The van der Waals surface area contributed by atoms with Crippen LogP contribution in [-0.4, -0.2) is 32.4 Å². The van der Waals surface area contributed by atoms with Crippen LogP contribution in [-0.2, 0) is 0 Å². The van der Waals surface area contributed by atoms with Crippen molar-refractivity contribution in [2.45, 2.75) is 6.10 Å². The van der Waals surface area contributed by atoms with Gasteiger partial charge in [-0.05, 0) is 24.3 Å². The van der Waals surface area contributed by atoms with Crippen LogP contribution in [0.4, 0.5) is 4.39 Å². The van der Waals surface area contributed by atoms with Gasteiger partial charge in [0.1, 0.15) is 23.5 Å². The molecule has 1 atom stereocenters. The number of nitrogens with one attached hydrogen (secondary N) is 1. The van der Waals surface area contributed by atoms with E-state index < -0.39 is 11.9 Å². The summed E-state index contributed by atoms with van der Waals surface area (Å²) >= 11 is 7.39. The molecule has 3 heterocycles. The Balaban J connectivity index is 1.86. The molecule has 0 aliphatic heterocycles. The average Bonchev–Trinajstić information content (AvgIpc) is 3.38. The second-order valence-electron chi connectivity index (χ2n) is 5.87. The zero-order valence-electron chi connectivity index (χ0n) is 14.6. The highest BCUT2D eigenvalue weighted by molar-refractivity contribution is 7.19. The van der Waals surface area contributed by atoms with Gasteiger partial charge in [-0.1, -0.05) is 11.6 Å². The first-order valence-electron chi connectivity index (χ1n) is 8.20. The SMILES string of the molecule is COc1cc(C(O)c2cc(-c3ccnnc3)sc2-c2ncc[nH]2)c(F)cc1Cl. The number of aromatic amines is 1. The fourth-order valence-electron chi connectivity index (χ4n) is 2.84. The number of thiophene rings is 1. The lowest BCUT2D eigenvalue weighted by atomic mass is 10.00. The summed E-state index contributed by atoms with van der Waals surface area (Å²) in [5.74, 6) is 0.237. The van der Waals surface area contributed by atoms with E-state index in [4.69, 9.17) is 16.3 Å². The Morgan fingerprint density at radius 2 is 2.07 bits per heavy atom. The molecule has 6 nitrogen and oxygen atoms in total. The van der Waals surface area contributed by atoms with Gasteiger partial charge in [-0.25, -0.2) is 9.37 Å². The molecule has 1 unspecified atom stereocenters. The summed E-state index contributed by atoms with van der Waals surface area (Å²) in [6.45, 7) is 0. The topological polar surface area (TPSA) is 83.9 Å². The van der Waals surface area contributed by atoms with Crippen molar-refractivity contribution in [3.8, 4) is 26.9 Å². The van der Waals surface area contributed by atoms with Crippen molar-refractivity contribution in [2.75, 3.05) is 7.11 Å². The highest BCUT2D eigenvalue weighted by atomic mass is 35.5. The molecule has 4 aromatic rings. The Hall–Kier alpha value is -2.81. The summed E-state index contributed by atoms with van der Waals surface area (Å²) < 4.78 is 19.7. The number of rotatable bonds is 5. The van der Waals surface area contributed by atoms with Crippen LogP contribution in [0.2, 0.25) is 5.02 Å². The summed E-state index contributed by atoms with van der Waals surface area (Å²) in [5, 5.41) is 18.8. The minimum Gasteiger partial charge on any atom is -0.495 e. The molecule has 0 saturated heterocycles. The molecule has 2 N–H and O–H groups in total. The zero-order valence-corrected chi connectivity index (χ0v) is 16.1. The number of H-pyrrole nitrogens is 1. The maximum absolute atomic E-state index is 14.6. The predicted octanol–water partition coefficient (Wildman–Crippen LogP) is 4.48. The molecule has 0 aliphatic rings. The lowest BCUT2D eigenvalue weighted by Gasteiger charge is -2.14. The summed E-state index contributed by atoms with van der Waals surface area (Å²) in [6.07, 6.45) is 5.27. The van der Waals surface area contributed by atoms with Gasteiger partial charge in [0.2, 0.25) is 0 Å². The summed E-state index contributed by atoms with van der Waals surface area (Å²) in [7, 11) is 1.43. The highest BCUT2D eigenvalue weighted by Crippen LogP contribution is 2.42. The van der Waals surface area contributed by atoms with Crippen LogP contribution >= 0.6 is 22.9 Å². The molecule has 4 rings (SSSR count). The number of ether oxygens (including phenoxy) is 1. The van der Waals surface area contributed by atoms with Gasteiger partial charge in [0.05, 0.1) is 29.4 Å². The monoisotopic (exact) mass is 416 g/mol. The number of aliphatic hydroxyl groups is 1. The van der Waals surface area contributed by atoms with Gasteiger partial charge in [-0.2, -0.15) is 10.2 Å². The van der Waals surface area contributed by atoms with Crippen molar-refractivity contribution < 1.29 is 14.2 Å². The zero-order chi connectivity index (χ0) is 19.7. The lowest BCUT2D eigenvalue weighted by molar-refractivity contribution is 0.215. The number of imidazole rings is 1. The van der Waals surface area contributed by atoms with Gasteiger partial charge in [-0.3, -0.25) is 0 Å². The molecule has 0 amide bonds. The Bertz CT molecular complexity index is 1100. The molecule has 3 aromatic heterocycles. The van der Waals surface area contributed by atoms with Crippen molar-refractivity contribution >= 4 is 22.9 Å². The number of nitrogens with zero attached hydrogens (tertiary/aromatic N) is 3. The predicted molar refractivity (Wildman–Crippen MR) is 105 cm³/mol. The third kappa shape index (κ3) is 3.37. The number of hydrogen-bond donors (Lipinski definition) is 2. The maximum Gasteiger partial charge on any atom is 0.147 e. The largest absolute Gasteiger partial charge is 0.495 e. The standard InChI is InChI=1S/C19H14ClFN4O2S/c1-27-15-6-11(14(21)8-13(15)20)17(26)12-7-16(10-2-3-24-25-9-10)28-18(12)19-22-4-5-23-19/h2-9,17,26H,1H3,(H,22,23). The van der Waals surface area contributed by atoms with Crippen LogP contribution in [0.15, 0.2) is 49.1 Å². The van der Waals surface area contributed by atoms with Crippen LogP contribution in [0.25, 0.3) is 21.1 Å². The first kappa shape index (κ1) is 18.5. The molecule has 0 saturated carbocycles. The molecular weight excluding hydrogens is 403 g/mol. The molecule has 0 bridgehead atoms. The average molecular weight is 417 g/mol. The molecule has 142 valence electrons. The van der Waals surface area contributed by atoms with Crippen LogP contribution in [0.1, 0.15) is 17.2 Å². The molecule has 0 aliphatic carbocycles. The van der Waals surface area contributed by atoms with Gasteiger partial charge in [-0.15, -0.1) is 11.3 Å². The van der Waals surface area contributed by atoms with E-state index in [0.717, 1.165) is 16.5 Å². The Kier molecular flexibility index (Phi) is 5.08. The smallest absolute Gasteiger partial charge is 0.147 e. The minimum absolute atomic E-state index is 0.0614. The van der Waals surface area contributed by atoms with E-state index in [2.05, 4.69) is 20.2 Å². The summed E-state index contributed by atoms with van der Waals surface area (Å²) in [4.78, 5) is 8.85. The fraction of sp³-hybridized carbons (Fsp3) is 0.105. The van der Waals surface area contributed by atoms with E-state index in [1.807, 2.05) is 6.07 Å². The van der Waals surface area contributed by atoms with Crippen molar-refractivity contribution in [1.82, 2.24) is 20.2 Å². The molecule has 0 spiro atoms. The lowest BCUT2D eigenvalue weighted by Crippen LogP contribution is -2.04. The first-order valence-corrected chi connectivity index (χ1v) is 9.39. The number of aromatic nitrogens is 4. The van der Waals surface area contributed by atoms with Crippen LogP contribution < -0.4 is 4.74 Å². The van der Waals surface area contributed by atoms with E-state index in [-0.39, 0.29) is 16.3 Å². The fourth-order valence-corrected chi connectivity index (χ4v) is 4.21. The van der Waals surface area contributed by atoms with Crippen molar-refractivity contribution in [3.05, 3.63) is 71.0 Å². The number of halogens is 2. The second kappa shape index (κ2) is 7.67. The van der Waals surface area contributed by atoms with Crippen LogP contribution in [0.5, 0.6) is 5.75 Å². The Morgan fingerprint density at radius 1 is 1.21 bits per heavy atom. The van der Waals surface area contributed by atoms with Crippen molar-refractivity contribution in [1.29, 1.82) is 0 Å². The molecule has 0 fully saturated rings. The molecular formula is C19H14ClFN4O2S.